The van der Waals surface area contributed by atoms with E-state index in [-0.39, 0.29) is 11.7 Å². The number of benzene rings is 2. The lowest BCUT2D eigenvalue weighted by Gasteiger charge is -2.37. The van der Waals surface area contributed by atoms with Crippen LogP contribution in [0.4, 0.5) is 4.39 Å². The molecule has 0 bridgehead atoms. The van der Waals surface area contributed by atoms with Crippen molar-refractivity contribution in [3.8, 4) is 6.07 Å². The molecule has 166 valence electrons. The fourth-order valence-electron chi connectivity index (χ4n) is 5.56. The van der Waals surface area contributed by atoms with E-state index in [0.29, 0.717) is 11.6 Å². The average molecular weight is 421 g/mol. The predicted molar refractivity (Wildman–Crippen MR) is 126 cm³/mol. The molecule has 1 fully saturated rings. The second kappa shape index (κ2) is 11.4. The minimum atomic E-state index is -0.714. The first-order chi connectivity index (χ1) is 15.1. The molecule has 0 heterocycles. The van der Waals surface area contributed by atoms with Gasteiger partial charge in [0.2, 0.25) is 0 Å². The van der Waals surface area contributed by atoms with Crippen LogP contribution in [0.3, 0.4) is 0 Å². The number of likely N-dealkylation sites (N-methyl/N-ethyl adjacent to an activating group) is 1. The van der Waals surface area contributed by atoms with Crippen molar-refractivity contribution in [2.45, 2.75) is 76.7 Å². The van der Waals surface area contributed by atoms with E-state index in [1.807, 2.05) is 12.1 Å². The first kappa shape index (κ1) is 23.5. The summed E-state index contributed by atoms with van der Waals surface area (Å²) in [4.78, 5) is 2.55. The molecule has 1 saturated carbocycles. The van der Waals surface area contributed by atoms with Crippen molar-refractivity contribution in [1.82, 2.24) is 4.90 Å². The van der Waals surface area contributed by atoms with Gasteiger partial charge in [0.25, 0.3) is 0 Å². The molecule has 0 saturated heterocycles. The topological polar surface area (TPSA) is 27.0 Å². The van der Waals surface area contributed by atoms with Crippen molar-refractivity contribution in [2.75, 3.05) is 13.1 Å². The summed E-state index contributed by atoms with van der Waals surface area (Å²) < 4.78 is 14.9. The Morgan fingerprint density at radius 2 is 1.74 bits per heavy atom. The van der Waals surface area contributed by atoms with Crippen molar-refractivity contribution in [3.05, 3.63) is 71.5 Å². The van der Waals surface area contributed by atoms with Crippen LogP contribution < -0.4 is 0 Å². The fourth-order valence-corrected chi connectivity index (χ4v) is 5.56. The maximum atomic E-state index is 14.9. The third-order valence-electron chi connectivity index (χ3n) is 7.40. The summed E-state index contributed by atoms with van der Waals surface area (Å²) in [5.41, 5.74) is 1.26. The second-order valence-corrected chi connectivity index (χ2v) is 9.01. The van der Waals surface area contributed by atoms with E-state index in [9.17, 15) is 9.65 Å². The quantitative estimate of drug-likeness (QED) is 0.395. The highest BCUT2D eigenvalue weighted by Gasteiger charge is 2.43. The Morgan fingerprint density at radius 1 is 1.06 bits per heavy atom. The SMILES string of the molecule is CCC(CCC(C#N)(c1ccccc1F)C1CCCC1)N(CC)CCc1ccccc1. The van der Waals surface area contributed by atoms with E-state index < -0.39 is 5.41 Å². The van der Waals surface area contributed by atoms with Crippen molar-refractivity contribution in [1.29, 1.82) is 5.26 Å². The van der Waals surface area contributed by atoms with Crippen LogP contribution in [-0.2, 0) is 11.8 Å². The number of halogens is 1. The molecule has 0 radical (unpaired) electrons. The molecule has 3 heteroatoms. The molecule has 2 nitrogen and oxygen atoms in total. The number of hydrogen-bond acceptors (Lipinski definition) is 2. The average Bonchev–Trinajstić information content (AvgIpc) is 3.35. The van der Waals surface area contributed by atoms with Crippen LogP contribution in [0.1, 0.15) is 69.9 Å². The summed E-state index contributed by atoms with van der Waals surface area (Å²) in [7, 11) is 0. The molecule has 2 atom stereocenters. The monoisotopic (exact) mass is 420 g/mol. The van der Waals surface area contributed by atoms with Gasteiger partial charge in [0.1, 0.15) is 5.82 Å². The molecule has 1 aliphatic carbocycles. The Kier molecular flexibility index (Phi) is 8.67. The van der Waals surface area contributed by atoms with Gasteiger partial charge in [-0.05, 0) is 62.6 Å². The van der Waals surface area contributed by atoms with Gasteiger partial charge in [-0.25, -0.2) is 4.39 Å². The van der Waals surface area contributed by atoms with Crippen molar-refractivity contribution in [2.24, 2.45) is 5.92 Å². The Labute approximate surface area is 188 Å². The largest absolute Gasteiger partial charge is 0.300 e. The van der Waals surface area contributed by atoms with E-state index in [4.69, 9.17) is 0 Å². The summed E-state index contributed by atoms with van der Waals surface area (Å²) in [6, 6.07) is 20.7. The standard InChI is InChI=1S/C28H37FN2/c1-3-25(31(4-2)21-19-23-12-6-5-7-13-23)18-20-28(22-30,24-14-8-9-15-24)26-16-10-11-17-27(26)29/h5-7,10-13,16-17,24-25H,3-4,8-9,14-15,18-21H2,1-2H3. The lowest BCUT2D eigenvalue weighted by atomic mass is 9.67. The van der Waals surface area contributed by atoms with E-state index in [1.165, 1.54) is 11.6 Å². The Bertz CT molecular complexity index is 838. The summed E-state index contributed by atoms with van der Waals surface area (Å²) >= 11 is 0. The van der Waals surface area contributed by atoms with Crippen LogP contribution >= 0.6 is 0 Å². The Balaban J connectivity index is 1.77. The first-order valence-electron chi connectivity index (χ1n) is 12.1. The van der Waals surface area contributed by atoms with Crippen molar-refractivity contribution in [3.63, 3.8) is 0 Å². The zero-order valence-electron chi connectivity index (χ0n) is 19.2. The Hall–Kier alpha value is -2.18. The first-order valence-corrected chi connectivity index (χ1v) is 12.1. The molecule has 2 aromatic carbocycles. The molecular weight excluding hydrogens is 383 g/mol. The van der Waals surface area contributed by atoms with Crippen LogP contribution in [0.25, 0.3) is 0 Å². The van der Waals surface area contributed by atoms with Crippen LogP contribution in [0.2, 0.25) is 0 Å². The van der Waals surface area contributed by atoms with Gasteiger partial charge in [-0.15, -0.1) is 0 Å². The number of nitrogens with zero attached hydrogens (tertiary/aromatic N) is 2. The van der Waals surface area contributed by atoms with Gasteiger partial charge in [0, 0.05) is 18.2 Å². The lowest BCUT2D eigenvalue weighted by molar-refractivity contribution is 0.174. The molecule has 2 unspecified atom stereocenters. The normalized spacial score (nSPS) is 17.4. The van der Waals surface area contributed by atoms with Gasteiger partial charge >= 0.3 is 0 Å². The van der Waals surface area contributed by atoms with Crippen molar-refractivity contribution >= 4 is 0 Å². The molecule has 2 aromatic rings. The minimum Gasteiger partial charge on any atom is -0.300 e. The van der Waals surface area contributed by atoms with Gasteiger partial charge in [0.05, 0.1) is 11.5 Å². The molecule has 0 spiro atoms. The van der Waals surface area contributed by atoms with Gasteiger partial charge in [-0.1, -0.05) is 75.2 Å². The van der Waals surface area contributed by atoms with E-state index >= 15 is 0 Å². The highest BCUT2D eigenvalue weighted by Crippen LogP contribution is 2.46. The molecule has 1 aliphatic rings. The zero-order chi connectivity index (χ0) is 22.1. The molecule has 0 amide bonds. The molecule has 3 rings (SSSR count). The molecular formula is C28H37FN2. The van der Waals surface area contributed by atoms with Gasteiger partial charge in [-0.3, -0.25) is 0 Å². The summed E-state index contributed by atoms with van der Waals surface area (Å²) in [6.07, 6.45) is 8.10. The van der Waals surface area contributed by atoms with Gasteiger partial charge in [-0.2, -0.15) is 5.26 Å². The maximum absolute atomic E-state index is 14.9. The number of hydrogen-bond donors (Lipinski definition) is 0. The van der Waals surface area contributed by atoms with Crippen LogP contribution in [0.15, 0.2) is 54.6 Å². The molecule has 0 aliphatic heterocycles. The smallest absolute Gasteiger partial charge is 0.128 e. The van der Waals surface area contributed by atoms with Gasteiger partial charge in [0.15, 0.2) is 0 Å². The van der Waals surface area contributed by atoms with Gasteiger partial charge < -0.3 is 4.90 Å². The Morgan fingerprint density at radius 3 is 2.35 bits per heavy atom. The molecule has 0 N–H and O–H groups in total. The third-order valence-corrected chi connectivity index (χ3v) is 7.40. The second-order valence-electron chi connectivity index (χ2n) is 9.01. The number of nitriles is 1. The predicted octanol–water partition coefficient (Wildman–Crippen LogP) is 6.90. The fraction of sp³-hybridized carbons (Fsp3) is 0.536. The number of rotatable bonds is 11. The van der Waals surface area contributed by atoms with Crippen molar-refractivity contribution < 1.29 is 4.39 Å². The lowest BCUT2D eigenvalue weighted by Crippen LogP contribution is -2.40. The third kappa shape index (κ3) is 5.55. The zero-order valence-corrected chi connectivity index (χ0v) is 19.2. The molecule has 0 aromatic heterocycles. The van der Waals surface area contributed by atoms with Crippen LogP contribution in [0, 0.1) is 23.1 Å². The molecule has 31 heavy (non-hydrogen) atoms. The van der Waals surface area contributed by atoms with E-state index in [0.717, 1.165) is 64.5 Å². The summed E-state index contributed by atoms with van der Waals surface area (Å²) in [6.45, 7) is 6.47. The van der Waals surface area contributed by atoms with Crippen LogP contribution in [-0.4, -0.2) is 24.0 Å². The maximum Gasteiger partial charge on any atom is 0.128 e. The highest BCUT2D eigenvalue weighted by atomic mass is 19.1. The van der Waals surface area contributed by atoms with E-state index in [1.54, 1.807) is 6.07 Å². The van der Waals surface area contributed by atoms with Crippen LogP contribution in [0.5, 0.6) is 0 Å². The summed E-state index contributed by atoms with van der Waals surface area (Å²) in [5.74, 6) is 0.0340. The minimum absolute atomic E-state index is 0.222. The van der Waals surface area contributed by atoms with E-state index in [2.05, 4.69) is 55.1 Å². The highest BCUT2D eigenvalue weighted by molar-refractivity contribution is 5.35. The summed E-state index contributed by atoms with van der Waals surface area (Å²) in [5, 5.41) is 10.4.